The van der Waals surface area contributed by atoms with Crippen LogP contribution in [-0.2, 0) is 32.3 Å². The highest BCUT2D eigenvalue weighted by atomic mass is 32.2. The van der Waals surface area contributed by atoms with Gasteiger partial charge in [0.1, 0.15) is 13.2 Å². The first kappa shape index (κ1) is 35.3. The van der Waals surface area contributed by atoms with Crippen LogP contribution in [0.5, 0.6) is 0 Å². The van der Waals surface area contributed by atoms with Gasteiger partial charge >= 0.3 is 11.9 Å². The van der Waals surface area contributed by atoms with Gasteiger partial charge in [-0.25, -0.2) is 0 Å². The van der Waals surface area contributed by atoms with E-state index in [4.69, 9.17) is 9.47 Å². The van der Waals surface area contributed by atoms with E-state index in [1.807, 2.05) is 84.2 Å². The molecule has 3 saturated carbocycles. The van der Waals surface area contributed by atoms with Crippen LogP contribution in [0.4, 0.5) is 0 Å². The molecule has 10 atom stereocenters. The van der Waals surface area contributed by atoms with Gasteiger partial charge in [0.05, 0.1) is 24.0 Å². The summed E-state index contributed by atoms with van der Waals surface area (Å²) < 4.78 is 11.3. The third-order valence-electron chi connectivity index (χ3n) is 10.3. The van der Waals surface area contributed by atoms with Crippen molar-refractivity contribution in [1.82, 2.24) is 0 Å². The van der Waals surface area contributed by atoms with Gasteiger partial charge in [-0.3, -0.25) is 9.59 Å². The largest absolute Gasteiger partial charge is 0.461 e. The maximum Gasteiger partial charge on any atom is 0.311 e. The van der Waals surface area contributed by atoms with Crippen LogP contribution in [0.15, 0.2) is 60.7 Å². The molecule has 2 aromatic rings. The van der Waals surface area contributed by atoms with Crippen LogP contribution in [0.1, 0.15) is 76.3 Å². The summed E-state index contributed by atoms with van der Waals surface area (Å²) >= 11 is 3.94. The lowest BCUT2D eigenvalue weighted by atomic mass is 9.74. The number of rotatable bonds is 12. The minimum atomic E-state index is -0.681. The highest BCUT2D eigenvalue weighted by Crippen LogP contribution is 2.43. The maximum atomic E-state index is 13.0. The minimum Gasteiger partial charge on any atom is -0.461 e. The zero-order valence-electron chi connectivity index (χ0n) is 27.4. The Morgan fingerprint density at radius 2 is 1.04 bits per heavy atom. The number of hydrogen-bond donors (Lipinski definition) is 2. The van der Waals surface area contributed by atoms with Crippen LogP contribution in [-0.4, -0.2) is 56.4 Å². The topological polar surface area (TPSA) is 93.1 Å². The summed E-state index contributed by atoms with van der Waals surface area (Å²) in [5.74, 6) is 1.02. The predicted molar refractivity (Wildman–Crippen MR) is 186 cm³/mol. The fourth-order valence-corrected chi connectivity index (χ4v) is 11.2. The van der Waals surface area contributed by atoms with Gasteiger partial charge in [-0.1, -0.05) is 87.4 Å². The summed E-state index contributed by atoms with van der Waals surface area (Å²) in [5.41, 5.74) is 1.91. The van der Waals surface area contributed by atoms with E-state index in [9.17, 15) is 19.8 Å². The van der Waals surface area contributed by atoms with E-state index >= 15 is 0 Å². The van der Waals surface area contributed by atoms with Crippen molar-refractivity contribution in [3.63, 3.8) is 0 Å². The summed E-state index contributed by atoms with van der Waals surface area (Å²) in [4.78, 5) is 26.1. The molecule has 252 valence electrons. The molecule has 5 rings (SSSR count). The summed E-state index contributed by atoms with van der Waals surface area (Å²) in [6.07, 6.45) is 6.56. The quantitative estimate of drug-likeness (QED) is 0.228. The Morgan fingerprint density at radius 1 is 0.652 bits per heavy atom. The summed E-state index contributed by atoms with van der Waals surface area (Å²) in [7, 11) is 0. The molecule has 0 saturated heterocycles. The molecular formula is C38H52O6S2. The second-order valence-corrected chi connectivity index (χ2v) is 16.6. The first-order chi connectivity index (χ1) is 22.3. The molecule has 3 aliphatic carbocycles. The molecule has 0 amide bonds. The lowest BCUT2D eigenvalue weighted by Crippen LogP contribution is -2.43. The molecule has 0 bridgehead atoms. The van der Waals surface area contributed by atoms with E-state index in [-0.39, 0.29) is 37.0 Å². The Bertz CT molecular complexity index is 1130. The standard InChI is InChI=1S/C38H52O6S2/c1-25-17-29(35(39)31(19-25)37(41)43-21-27-11-5-3-6-12-27)23-45-33-15-9-10-16-34(33)46-24-30-18-26(2)20-32(36(30)40)38(42)44-22-28-13-7-4-8-14-28/h3-8,11-14,25-26,29-36,39-40H,9-10,15-24H2,1-2H3. The van der Waals surface area contributed by atoms with Gasteiger partial charge in [0, 0.05) is 10.5 Å². The SMILES string of the molecule is CC1CC(CSC2CCCCC2SCC2CC(C)CC(C(=O)OCc3ccccc3)C2O)C(O)C(C(=O)OCc2ccccc2)C1. The molecule has 0 aliphatic heterocycles. The highest BCUT2D eigenvalue weighted by Gasteiger charge is 2.42. The number of carbonyl (C=O) groups excluding carboxylic acids is 2. The third kappa shape index (κ3) is 9.77. The molecule has 2 aromatic carbocycles. The molecule has 0 spiro atoms. The molecule has 46 heavy (non-hydrogen) atoms. The Labute approximate surface area is 283 Å². The third-order valence-corrected chi connectivity index (χ3v) is 13.7. The van der Waals surface area contributed by atoms with Gasteiger partial charge in [0.15, 0.2) is 0 Å². The normalized spacial score (nSPS) is 33.2. The molecule has 3 fully saturated rings. The fourth-order valence-electron chi connectivity index (χ4n) is 7.72. The lowest BCUT2D eigenvalue weighted by molar-refractivity contribution is -0.159. The van der Waals surface area contributed by atoms with Crippen molar-refractivity contribution in [1.29, 1.82) is 0 Å². The minimum absolute atomic E-state index is 0.0688. The molecular weight excluding hydrogens is 617 g/mol. The first-order valence-corrected chi connectivity index (χ1v) is 19.4. The van der Waals surface area contributed by atoms with Crippen LogP contribution >= 0.6 is 23.5 Å². The van der Waals surface area contributed by atoms with Crippen molar-refractivity contribution < 1.29 is 29.3 Å². The van der Waals surface area contributed by atoms with Crippen molar-refractivity contribution in [3.05, 3.63) is 71.8 Å². The van der Waals surface area contributed by atoms with Gasteiger partial charge in [0.25, 0.3) is 0 Å². The van der Waals surface area contributed by atoms with Gasteiger partial charge < -0.3 is 19.7 Å². The van der Waals surface area contributed by atoms with E-state index in [0.717, 1.165) is 48.3 Å². The van der Waals surface area contributed by atoms with Crippen LogP contribution in [0.2, 0.25) is 0 Å². The van der Waals surface area contributed by atoms with Crippen LogP contribution in [0, 0.1) is 35.5 Å². The number of aliphatic hydroxyl groups is 2. The van der Waals surface area contributed by atoms with E-state index in [1.54, 1.807) is 0 Å². The van der Waals surface area contributed by atoms with Crippen LogP contribution in [0.25, 0.3) is 0 Å². The molecule has 0 radical (unpaired) electrons. The molecule has 8 heteroatoms. The number of esters is 2. The van der Waals surface area contributed by atoms with E-state index in [2.05, 4.69) is 13.8 Å². The van der Waals surface area contributed by atoms with Crippen LogP contribution in [0.3, 0.4) is 0 Å². The number of ether oxygens (including phenoxy) is 2. The Morgan fingerprint density at radius 3 is 1.43 bits per heavy atom. The average molecular weight is 669 g/mol. The number of carbonyl (C=O) groups is 2. The van der Waals surface area contributed by atoms with Gasteiger partial charge in [-0.15, -0.1) is 0 Å². The van der Waals surface area contributed by atoms with Crippen molar-refractivity contribution in [2.75, 3.05) is 11.5 Å². The summed E-state index contributed by atoms with van der Waals surface area (Å²) in [6.45, 7) is 4.84. The Balaban J connectivity index is 1.11. The molecule has 10 unspecified atom stereocenters. The van der Waals surface area contributed by atoms with Gasteiger partial charge in [-0.05, 0) is 84.8 Å². The Hall–Kier alpha value is -2.00. The second-order valence-electron chi connectivity index (χ2n) is 14.1. The first-order valence-electron chi connectivity index (χ1n) is 17.3. The fraction of sp³-hybridized carbons (Fsp3) is 0.632. The van der Waals surface area contributed by atoms with Crippen molar-refractivity contribution in [3.8, 4) is 0 Å². The van der Waals surface area contributed by atoms with Crippen molar-refractivity contribution >= 4 is 35.5 Å². The second kappa shape index (κ2) is 17.4. The number of hydrogen-bond acceptors (Lipinski definition) is 8. The van der Waals surface area contributed by atoms with Gasteiger partial charge in [0.2, 0.25) is 0 Å². The molecule has 2 N–H and O–H groups in total. The van der Waals surface area contributed by atoms with Crippen molar-refractivity contribution in [2.24, 2.45) is 35.5 Å². The summed E-state index contributed by atoms with van der Waals surface area (Å²) in [6, 6.07) is 19.4. The van der Waals surface area contributed by atoms with Crippen LogP contribution < -0.4 is 0 Å². The summed E-state index contributed by atoms with van der Waals surface area (Å²) in [5, 5.41) is 23.6. The number of benzene rings is 2. The van der Waals surface area contributed by atoms with E-state index in [1.165, 1.54) is 12.8 Å². The molecule has 3 aliphatic rings. The maximum absolute atomic E-state index is 13.0. The van der Waals surface area contributed by atoms with Gasteiger partial charge in [-0.2, -0.15) is 23.5 Å². The lowest BCUT2D eigenvalue weighted by Gasteiger charge is -2.39. The Kier molecular flexibility index (Phi) is 13.4. The highest BCUT2D eigenvalue weighted by molar-refractivity contribution is 8.03. The predicted octanol–water partition coefficient (Wildman–Crippen LogP) is 7.30. The zero-order chi connectivity index (χ0) is 32.5. The number of thioether (sulfide) groups is 2. The smallest absolute Gasteiger partial charge is 0.311 e. The zero-order valence-corrected chi connectivity index (χ0v) is 29.0. The average Bonchev–Trinajstić information content (AvgIpc) is 3.07. The molecule has 0 heterocycles. The monoisotopic (exact) mass is 668 g/mol. The number of aliphatic hydroxyl groups excluding tert-OH is 2. The van der Waals surface area contributed by atoms with Crippen molar-refractivity contribution in [2.45, 2.75) is 101 Å². The molecule has 0 aromatic heterocycles. The van der Waals surface area contributed by atoms with E-state index in [0.29, 0.717) is 35.2 Å². The molecule has 6 nitrogen and oxygen atoms in total. The van der Waals surface area contributed by atoms with E-state index < -0.39 is 24.0 Å².